The highest BCUT2D eigenvalue weighted by Gasteiger charge is 2.10. The Morgan fingerprint density at radius 1 is 1.04 bits per heavy atom. The Kier molecular flexibility index (Phi) is 7.01. The summed E-state index contributed by atoms with van der Waals surface area (Å²) in [6, 6.07) is 13.1. The molecule has 132 valence electrons. The molecule has 1 N–H and O–H groups in total. The third-order valence-electron chi connectivity index (χ3n) is 3.36. The lowest BCUT2D eigenvalue weighted by Crippen LogP contribution is -2.21. The standard InChI is InChI=1S/C19H20BrNO4/c1-13-3-6-15(7-4-13)24-10-9-19(23)25-12-18(22)21-17-8-5-14(2)11-16(17)20/h3-8,11H,9-10,12H2,1-2H3,(H,21,22). The summed E-state index contributed by atoms with van der Waals surface area (Å²) in [6.07, 6.45) is 0.0788. The van der Waals surface area contributed by atoms with E-state index in [1.807, 2.05) is 50.2 Å². The molecule has 0 heterocycles. The van der Waals surface area contributed by atoms with E-state index in [1.165, 1.54) is 0 Å². The molecule has 0 aliphatic rings. The van der Waals surface area contributed by atoms with Gasteiger partial charge in [0.05, 0.1) is 18.7 Å². The fraction of sp³-hybridized carbons (Fsp3) is 0.263. The first kappa shape index (κ1) is 19.0. The fourth-order valence-electron chi connectivity index (χ4n) is 2.01. The van der Waals surface area contributed by atoms with Gasteiger partial charge in [-0.2, -0.15) is 0 Å². The summed E-state index contributed by atoms with van der Waals surface area (Å²) in [6.45, 7) is 3.81. The third-order valence-corrected chi connectivity index (χ3v) is 4.01. The zero-order valence-electron chi connectivity index (χ0n) is 14.2. The Hall–Kier alpha value is -2.34. The Labute approximate surface area is 155 Å². The van der Waals surface area contributed by atoms with E-state index in [0.717, 1.165) is 15.6 Å². The first-order chi connectivity index (χ1) is 11.9. The van der Waals surface area contributed by atoms with Gasteiger partial charge in [-0.05, 0) is 59.6 Å². The lowest BCUT2D eigenvalue weighted by Gasteiger charge is -2.09. The van der Waals surface area contributed by atoms with E-state index in [4.69, 9.17) is 9.47 Å². The summed E-state index contributed by atoms with van der Waals surface area (Å²) >= 11 is 3.38. The number of amides is 1. The maximum atomic E-state index is 11.8. The van der Waals surface area contributed by atoms with Crippen molar-refractivity contribution in [2.45, 2.75) is 20.3 Å². The highest BCUT2D eigenvalue weighted by Crippen LogP contribution is 2.23. The number of rotatable bonds is 7. The van der Waals surface area contributed by atoms with Crippen LogP contribution in [-0.2, 0) is 14.3 Å². The lowest BCUT2D eigenvalue weighted by molar-refractivity contribution is -0.147. The maximum absolute atomic E-state index is 11.8. The van der Waals surface area contributed by atoms with Crippen molar-refractivity contribution < 1.29 is 19.1 Å². The van der Waals surface area contributed by atoms with Crippen LogP contribution in [0.25, 0.3) is 0 Å². The van der Waals surface area contributed by atoms with E-state index in [0.29, 0.717) is 11.4 Å². The summed E-state index contributed by atoms with van der Waals surface area (Å²) in [7, 11) is 0. The van der Waals surface area contributed by atoms with Gasteiger partial charge in [-0.1, -0.05) is 23.8 Å². The van der Waals surface area contributed by atoms with Gasteiger partial charge in [-0.25, -0.2) is 0 Å². The predicted octanol–water partition coefficient (Wildman–Crippen LogP) is 4.02. The molecular weight excluding hydrogens is 386 g/mol. The predicted molar refractivity (Wildman–Crippen MR) is 99.8 cm³/mol. The number of nitrogens with one attached hydrogen (secondary N) is 1. The summed E-state index contributed by atoms with van der Waals surface area (Å²) in [5.74, 6) is -0.178. The molecule has 2 rings (SSSR count). The number of benzene rings is 2. The molecule has 5 nitrogen and oxygen atoms in total. The van der Waals surface area contributed by atoms with Crippen molar-refractivity contribution in [1.29, 1.82) is 0 Å². The zero-order chi connectivity index (χ0) is 18.2. The second kappa shape index (κ2) is 9.22. The van der Waals surface area contributed by atoms with E-state index in [9.17, 15) is 9.59 Å². The first-order valence-corrected chi connectivity index (χ1v) is 8.64. The molecule has 0 fully saturated rings. The second-order valence-electron chi connectivity index (χ2n) is 5.60. The average molecular weight is 406 g/mol. The van der Waals surface area contributed by atoms with Gasteiger partial charge in [0, 0.05) is 4.47 Å². The molecule has 6 heteroatoms. The summed E-state index contributed by atoms with van der Waals surface area (Å²) in [5, 5.41) is 2.69. The van der Waals surface area contributed by atoms with Gasteiger partial charge in [0.2, 0.25) is 0 Å². The van der Waals surface area contributed by atoms with Crippen molar-refractivity contribution in [2.24, 2.45) is 0 Å². The fourth-order valence-corrected chi connectivity index (χ4v) is 2.61. The van der Waals surface area contributed by atoms with Gasteiger partial charge in [0.25, 0.3) is 5.91 Å². The molecular formula is C19H20BrNO4. The van der Waals surface area contributed by atoms with E-state index in [2.05, 4.69) is 21.2 Å². The highest BCUT2D eigenvalue weighted by atomic mass is 79.9. The van der Waals surface area contributed by atoms with Crippen LogP contribution < -0.4 is 10.1 Å². The Bertz CT molecular complexity index is 744. The van der Waals surface area contributed by atoms with Crippen molar-refractivity contribution in [3.63, 3.8) is 0 Å². The van der Waals surface area contributed by atoms with Gasteiger partial charge < -0.3 is 14.8 Å². The SMILES string of the molecule is Cc1ccc(OCCC(=O)OCC(=O)Nc2ccc(C)cc2Br)cc1. The van der Waals surface area contributed by atoms with Crippen molar-refractivity contribution >= 4 is 33.5 Å². The minimum atomic E-state index is -0.481. The van der Waals surface area contributed by atoms with Crippen molar-refractivity contribution in [2.75, 3.05) is 18.5 Å². The molecule has 0 bridgehead atoms. The number of hydrogen-bond acceptors (Lipinski definition) is 4. The van der Waals surface area contributed by atoms with Crippen LogP contribution in [0.1, 0.15) is 17.5 Å². The molecule has 0 radical (unpaired) electrons. The molecule has 2 aromatic rings. The summed E-state index contributed by atoms with van der Waals surface area (Å²) in [4.78, 5) is 23.5. The third kappa shape index (κ3) is 6.58. The molecule has 0 aliphatic heterocycles. The molecule has 0 saturated heterocycles. The van der Waals surface area contributed by atoms with Crippen LogP contribution in [0.3, 0.4) is 0 Å². The van der Waals surface area contributed by atoms with Crippen LogP contribution in [-0.4, -0.2) is 25.1 Å². The van der Waals surface area contributed by atoms with Crippen molar-refractivity contribution in [3.05, 3.63) is 58.1 Å². The quantitative estimate of drug-likeness (QED) is 0.706. The number of ether oxygens (including phenoxy) is 2. The van der Waals surface area contributed by atoms with Crippen molar-refractivity contribution in [1.82, 2.24) is 0 Å². The molecule has 2 aromatic carbocycles. The van der Waals surface area contributed by atoms with Gasteiger partial charge in [-0.15, -0.1) is 0 Å². The molecule has 0 aliphatic carbocycles. The molecule has 25 heavy (non-hydrogen) atoms. The van der Waals surface area contributed by atoms with Gasteiger partial charge in [0.1, 0.15) is 5.75 Å². The Morgan fingerprint density at radius 2 is 1.72 bits per heavy atom. The first-order valence-electron chi connectivity index (χ1n) is 7.85. The number of esters is 1. The molecule has 0 aromatic heterocycles. The van der Waals surface area contributed by atoms with E-state index in [-0.39, 0.29) is 19.6 Å². The average Bonchev–Trinajstić information content (AvgIpc) is 2.57. The summed E-state index contributed by atoms with van der Waals surface area (Å²) in [5.41, 5.74) is 2.84. The van der Waals surface area contributed by atoms with Gasteiger partial charge in [0.15, 0.2) is 6.61 Å². The monoisotopic (exact) mass is 405 g/mol. The highest BCUT2D eigenvalue weighted by molar-refractivity contribution is 9.10. The molecule has 0 atom stereocenters. The molecule has 0 spiro atoms. The van der Waals surface area contributed by atoms with Crippen LogP contribution >= 0.6 is 15.9 Å². The minimum Gasteiger partial charge on any atom is -0.493 e. The minimum absolute atomic E-state index is 0.0788. The van der Waals surface area contributed by atoms with E-state index in [1.54, 1.807) is 6.07 Å². The van der Waals surface area contributed by atoms with Gasteiger partial charge in [-0.3, -0.25) is 9.59 Å². The van der Waals surface area contributed by atoms with Crippen LogP contribution in [0.2, 0.25) is 0 Å². The van der Waals surface area contributed by atoms with Gasteiger partial charge >= 0.3 is 5.97 Å². The summed E-state index contributed by atoms with van der Waals surface area (Å²) < 4.78 is 11.2. The Balaban J connectivity index is 1.68. The van der Waals surface area contributed by atoms with Crippen molar-refractivity contribution in [3.8, 4) is 5.75 Å². The van der Waals surface area contributed by atoms with Crippen LogP contribution in [0, 0.1) is 13.8 Å². The number of carbonyl (C=O) groups is 2. The lowest BCUT2D eigenvalue weighted by atomic mass is 10.2. The normalized spacial score (nSPS) is 10.2. The number of carbonyl (C=O) groups excluding carboxylic acids is 2. The molecule has 1 amide bonds. The van der Waals surface area contributed by atoms with E-state index < -0.39 is 11.9 Å². The maximum Gasteiger partial charge on any atom is 0.309 e. The number of hydrogen-bond donors (Lipinski definition) is 1. The second-order valence-corrected chi connectivity index (χ2v) is 6.46. The molecule has 0 unspecified atom stereocenters. The zero-order valence-corrected chi connectivity index (χ0v) is 15.8. The van der Waals surface area contributed by atoms with Crippen LogP contribution in [0.4, 0.5) is 5.69 Å². The number of halogens is 1. The smallest absolute Gasteiger partial charge is 0.309 e. The van der Waals surface area contributed by atoms with E-state index >= 15 is 0 Å². The number of anilines is 1. The Morgan fingerprint density at radius 3 is 2.40 bits per heavy atom. The topological polar surface area (TPSA) is 64.6 Å². The molecule has 0 saturated carbocycles. The van der Waals surface area contributed by atoms with Crippen LogP contribution in [0.5, 0.6) is 5.75 Å². The largest absolute Gasteiger partial charge is 0.493 e. The van der Waals surface area contributed by atoms with Crippen LogP contribution in [0.15, 0.2) is 46.9 Å². The number of aryl methyl sites for hydroxylation is 2.